The van der Waals surface area contributed by atoms with Gasteiger partial charge in [0.2, 0.25) is 0 Å². The summed E-state index contributed by atoms with van der Waals surface area (Å²) in [5.41, 5.74) is 18.0. The van der Waals surface area contributed by atoms with E-state index in [9.17, 15) is 0 Å². The quantitative estimate of drug-likeness (QED) is 0.106. The Labute approximate surface area is 455 Å². The zero-order valence-electron chi connectivity index (χ0n) is 43.4. The minimum Gasteiger partial charge on any atom is -0.454 e. The van der Waals surface area contributed by atoms with E-state index in [1.54, 1.807) is 0 Å². The maximum absolute atomic E-state index is 6.84. The molecule has 1 aromatic heterocycles. The van der Waals surface area contributed by atoms with E-state index < -0.39 is 8.07 Å². The molecule has 0 aliphatic carbocycles. The van der Waals surface area contributed by atoms with Crippen LogP contribution in [0.4, 0.5) is 34.1 Å². The zero-order chi connectivity index (χ0) is 51.9. The Balaban J connectivity index is 0.895. The van der Waals surface area contributed by atoms with Gasteiger partial charge in [-0.05, 0) is 149 Å². The highest BCUT2D eigenvalue weighted by Gasteiger charge is 2.37. The Morgan fingerprint density at radius 3 is 1.50 bits per heavy atom. The van der Waals surface area contributed by atoms with Gasteiger partial charge in [-0.15, -0.1) is 0 Å². The molecule has 78 heavy (non-hydrogen) atoms. The molecule has 3 nitrogen and oxygen atoms in total. The molecule has 15 rings (SSSR count). The summed E-state index contributed by atoms with van der Waals surface area (Å²) in [6, 6.07) is 102. The van der Waals surface area contributed by atoms with Gasteiger partial charge in [-0.2, -0.15) is 0 Å². The topological polar surface area (TPSA) is 19.6 Å². The normalized spacial score (nSPS) is 12.6. The van der Waals surface area contributed by atoms with Crippen molar-refractivity contribution in [3.05, 3.63) is 279 Å². The van der Waals surface area contributed by atoms with Crippen molar-refractivity contribution in [2.45, 2.75) is 13.1 Å². The fourth-order valence-corrected chi connectivity index (χ4v) is 15.9. The maximum atomic E-state index is 6.84. The summed E-state index contributed by atoms with van der Waals surface area (Å²) < 4.78 is 6.84. The highest BCUT2D eigenvalue weighted by Crippen LogP contribution is 2.49. The lowest BCUT2D eigenvalue weighted by atomic mass is 9.87. The number of benzene rings is 13. The second-order valence-corrected chi connectivity index (χ2v) is 25.5. The van der Waals surface area contributed by atoms with Crippen molar-refractivity contribution < 1.29 is 4.42 Å². The first kappa shape index (κ1) is 45.6. The van der Waals surface area contributed by atoms with Crippen LogP contribution in [0.2, 0.25) is 13.1 Å². The summed E-state index contributed by atoms with van der Waals surface area (Å²) in [5, 5.41) is 12.8. The van der Waals surface area contributed by atoms with E-state index in [2.05, 4.69) is 302 Å². The number of rotatable bonds is 9. The number of hydrogen-bond acceptors (Lipinski definition) is 3. The lowest BCUT2D eigenvalue weighted by Gasteiger charge is -2.36. The molecule has 14 aromatic rings. The zero-order valence-corrected chi connectivity index (χ0v) is 44.4. The Bertz CT molecular complexity index is 4640. The number of furan rings is 1. The van der Waals surface area contributed by atoms with Crippen LogP contribution in [-0.4, -0.2) is 8.07 Å². The van der Waals surface area contributed by atoms with Crippen molar-refractivity contribution >= 4 is 107 Å². The largest absolute Gasteiger partial charge is 0.454 e. The number of fused-ring (bicyclic) bond motifs is 9. The Morgan fingerprint density at radius 2 is 0.782 bits per heavy atom. The van der Waals surface area contributed by atoms with Gasteiger partial charge < -0.3 is 14.2 Å². The van der Waals surface area contributed by atoms with Gasteiger partial charge in [0.1, 0.15) is 13.7 Å². The van der Waals surface area contributed by atoms with Crippen LogP contribution in [0, 0.1) is 0 Å². The molecular formula is C74H52N2OSi. The molecule has 1 aliphatic rings. The van der Waals surface area contributed by atoms with Crippen LogP contribution < -0.4 is 20.2 Å². The number of hydrogen-bond donors (Lipinski definition) is 0. The molecule has 0 spiro atoms. The summed E-state index contributed by atoms with van der Waals surface area (Å²) in [4.78, 5) is 4.83. The molecule has 0 atom stereocenters. The second kappa shape index (κ2) is 18.2. The number of anilines is 6. The SMILES string of the molecule is C[Si]1(C)c2cc(N(c3ccccc3-c3ccccc3)c3cccc4c3oc3ccccc34)ccc2-c2cc3c4ccccc4c(-c4ccc(N(c5ccccc5)c5ccccc5-c5ccccc5)cc4)cc3c3cccc1c23. The first-order chi connectivity index (χ1) is 38.5. The molecule has 0 amide bonds. The van der Waals surface area contributed by atoms with Crippen LogP contribution in [0.5, 0.6) is 0 Å². The van der Waals surface area contributed by atoms with Crippen LogP contribution in [0.15, 0.2) is 283 Å². The molecule has 2 heterocycles. The Hall–Kier alpha value is -9.74. The molecule has 0 bridgehead atoms. The first-order valence-corrected chi connectivity index (χ1v) is 30.0. The third-order valence-corrected chi connectivity index (χ3v) is 20.0. The van der Waals surface area contributed by atoms with Crippen LogP contribution >= 0.6 is 0 Å². The highest BCUT2D eigenvalue weighted by molar-refractivity contribution is 7.03. The molecule has 0 unspecified atom stereocenters. The van der Waals surface area contributed by atoms with E-state index in [0.29, 0.717) is 0 Å². The summed E-state index contributed by atoms with van der Waals surface area (Å²) in [5.74, 6) is 0. The van der Waals surface area contributed by atoms with Gasteiger partial charge in [0, 0.05) is 39.0 Å². The van der Waals surface area contributed by atoms with Gasteiger partial charge in [0.15, 0.2) is 5.58 Å². The van der Waals surface area contributed by atoms with Gasteiger partial charge >= 0.3 is 0 Å². The molecule has 0 fully saturated rings. The van der Waals surface area contributed by atoms with Crippen molar-refractivity contribution in [2.24, 2.45) is 0 Å². The van der Waals surface area contributed by atoms with Crippen LogP contribution in [0.25, 0.3) is 98.8 Å². The van der Waals surface area contributed by atoms with Gasteiger partial charge in [-0.1, -0.05) is 219 Å². The molecule has 0 saturated heterocycles. The van der Waals surface area contributed by atoms with Crippen LogP contribution in [-0.2, 0) is 0 Å². The maximum Gasteiger partial charge on any atom is 0.159 e. The van der Waals surface area contributed by atoms with Crippen molar-refractivity contribution in [3.63, 3.8) is 0 Å². The lowest BCUT2D eigenvalue weighted by molar-refractivity contribution is 0.669. The van der Waals surface area contributed by atoms with Gasteiger partial charge in [-0.25, -0.2) is 0 Å². The van der Waals surface area contributed by atoms with Gasteiger partial charge in [-0.3, -0.25) is 0 Å². The van der Waals surface area contributed by atoms with Crippen LogP contribution in [0.1, 0.15) is 0 Å². The van der Waals surface area contributed by atoms with E-state index in [4.69, 9.17) is 4.42 Å². The van der Waals surface area contributed by atoms with Gasteiger partial charge in [0.05, 0.1) is 17.1 Å². The predicted molar refractivity (Wildman–Crippen MR) is 334 cm³/mol. The summed E-state index contributed by atoms with van der Waals surface area (Å²) >= 11 is 0. The standard InChI is InChI=1S/C74H52N2OSi/c1-78(2)71-39-21-33-61-65-47-63(51-40-42-53(43-41-51)75(52-26-10-5-11-27-52)67-35-17-14-28-55(67)49-22-6-3-7-23-49)57-30-12-13-31-58(57)64(65)48-66(73(61)71)60-45-44-54(46-72(60)78)76(68-36-18-15-29-56(68)50-24-8-4-9-25-50)69-37-20-34-62-59-32-16-19-38-70(59)77-74(62)69/h3-48H,1-2H3. The molecule has 1 aliphatic heterocycles. The molecule has 0 N–H and O–H groups in total. The van der Waals surface area contributed by atoms with Crippen molar-refractivity contribution in [1.82, 2.24) is 0 Å². The summed E-state index contributed by atoms with van der Waals surface area (Å²) in [6.07, 6.45) is 0. The van der Waals surface area contributed by atoms with E-state index in [1.807, 2.05) is 0 Å². The average molecular weight is 1010 g/mol. The minimum atomic E-state index is -2.37. The van der Waals surface area contributed by atoms with Gasteiger partial charge in [0.25, 0.3) is 0 Å². The third kappa shape index (κ3) is 7.25. The second-order valence-electron chi connectivity index (χ2n) is 21.1. The third-order valence-electron chi connectivity index (χ3n) is 16.4. The average Bonchev–Trinajstić information content (AvgIpc) is 3.95. The number of para-hydroxylation sites is 5. The highest BCUT2D eigenvalue weighted by atomic mass is 28.3. The smallest absolute Gasteiger partial charge is 0.159 e. The molecular weight excluding hydrogens is 961 g/mol. The molecule has 0 saturated carbocycles. The summed E-state index contributed by atoms with van der Waals surface area (Å²) in [7, 11) is -2.37. The van der Waals surface area contributed by atoms with E-state index in [1.165, 1.54) is 76.1 Å². The first-order valence-electron chi connectivity index (χ1n) is 27.0. The van der Waals surface area contributed by atoms with Crippen molar-refractivity contribution in [2.75, 3.05) is 9.80 Å². The Kier molecular flexibility index (Phi) is 10.7. The van der Waals surface area contributed by atoms with E-state index in [0.717, 1.165) is 67.2 Å². The molecule has 4 heteroatoms. The predicted octanol–water partition coefficient (Wildman–Crippen LogP) is 19.8. The van der Waals surface area contributed by atoms with E-state index in [-0.39, 0.29) is 0 Å². The monoisotopic (exact) mass is 1010 g/mol. The Morgan fingerprint density at radius 1 is 0.282 bits per heavy atom. The molecule has 368 valence electrons. The summed E-state index contributed by atoms with van der Waals surface area (Å²) in [6.45, 7) is 5.09. The van der Waals surface area contributed by atoms with Crippen molar-refractivity contribution in [1.29, 1.82) is 0 Å². The van der Waals surface area contributed by atoms with Crippen molar-refractivity contribution in [3.8, 4) is 44.5 Å². The molecule has 13 aromatic carbocycles. The lowest BCUT2D eigenvalue weighted by Crippen LogP contribution is -2.56. The van der Waals surface area contributed by atoms with Crippen LogP contribution in [0.3, 0.4) is 0 Å². The fraction of sp³-hybridized carbons (Fsp3) is 0.0270. The minimum absolute atomic E-state index is 0.873. The van der Waals surface area contributed by atoms with E-state index >= 15 is 0 Å². The molecule has 0 radical (unpaired) electrons. The number of nitrogens with zero attached hydrogens (tertiary/aromatic N) is 2. The fourth-order valence-electron chi connectivity index (χ4n) is 12.8.